The maximum absolute atomic E-state index is 12.7. The molecule has 1 atom stereocenters. The van der Waals surface area contributed by atoms with Gasteiger partial charge in [-0.2, -0.15) is 5.26 Å². The van der Waals surface area contributed by atoms with Gasteiger partial charge in [-0.05, 0) is 37.6 Å². The van der Waals surface area contributed by atoms with Gasteiger partial charge in [-0.3, -0.25) is 14.9 Å². The fourth-order valence-corrected chi connectivity index (χ4v) is 3.85. The average Bonchev–Trinajstić information content (AvgIpc) is 2.84. The predicted octanol–water partition coefficient (Wildman–Crippen LogP) is 2.75. The van der Waals surface area contributed by atoms with Crippen molar-refractivity contribution in [2.75, 3.05) is 19.6 Å². The summed E-state index contributed by atoms with van der Waals surface area (Å²) in [6, 6.07) is 12.3. The highest BCUT2D eigenvalue weighted by Gasteiger charge is 2.37. The molecule has 0 spiro atoms. The number of non-ortho nitro benzene ring substituents is 1. The number of rotatable bonds is 10. The van der Waals surface area contributed by atoms with Crippen LogP contribution in [0.15, 0.2) is 59.8 Å². The first-order chi connectivity index (χ1) is 16.7. The Morgan fingerprint density at radius 3 is 2.60 bits per heavy atom. The molecule has 2 aromatic rings. The van der Waals surface area contributed by atoms with Crippen LogP contribution in [0.4, 0.5) is 10.5 Å². The second-order valence-corrected chi connectivity index (χ2v) is 7.86. The molecule has 3 rings (SSSR count). The topological polar surface area (TPSA) is 166 Å². The highest BCUT2D eigenvalue weighted by atomic mass is 16.6. The Hall–Kier alpha value is -4.56. The molecule has 0 bridgehead atoms. The van der Waals surface area contributed by atoms with Crippen LogP contribution in [0.5, 0.6) is 0 Å². The molecule has 11 nitrogen and oxygen atoms in total. The molecule has 1 aliphatic rings. The van der Waals surface area contributed by atoms with Gasteiger partial charge in [0.1, 0.15) is 0 Å². The minimum absolute atomic E-state index is 0.0474. The van der Waals surface area contributed by atoms with Gasteiger partial charge in [0.05, 0.1) is 34.7 Å². The van der Waals surface area contributed by atoms with Crippen LogP contribution in [0.25, 0.3) is 0 Å². The molecule has 35 heavy (non-hydrogen) atoms. The summed E-state index contributed by atoms with van der Waals surface area (Å²) in [6.45, 7) is 2.02. The highest BCUT2D eigenvalue weighted by molar-refractivity contribution is 5.97. The summed E-state index contributed by atoms with van der Waals surface area (Å²) >= 11 is 0. The summed E-state index contributed by atoms with van der Waals surface area (Å²) in [5, 5.41) is 35.4. The van der Waals surface area contributed by atoms with Gasteiger partial charge in [0.2, 0.25) is 0 Å². The second-order valence-electron chi connectivity index (χ2n) is 7.86. The van der Waals surface area contributed by atoms with Gasteiger partial charge in [0.25, 0.3) is 5.69 Å². The fourth-order valence-electron chi connectivity index (χ4n) is 3.85. The number of carboxylic acids is 1. The van der Waals surface area contributed by atoms with Crippen molar-refractivity contribution in [2.45, 2.75) is 19.4 Å². The lowest BCUT2D eigenvalue weighted by molar-refractivity contribution is -0.384. The zero-order chi connectivity index (χ0) is 25.5. The molecule has 1 heterocycles. The summed E-state index contributed by atoms with van der Waals surface area (Å²) in [5.41, 5.74) is 1.12. The van der Waals surface area contributed by atoms with E-state index >= 15 is 0 Å². The van der Waals surface area contributed by atoms with Crippen molar-refractivity contribution in [3.63, 3.8) is 0 Å². The van der Waals surface area contributed by atoms with Crippen LogP contribution >= 0.6 is 0 Å². The molecule has 0 radical (unpaired) electrons. The smallest absolute Gasteiger partial charge is 0.335 e. The number of Topliss-reactive ketones (excluding diaryl/α,β-unsaturated/α-hetero) is 1. The first-order valence-electron chi connectivity index (χ1n) is 10.7. The van der Waals surface area contributed by atoms with E-state index < -0.39 is 23.0 Å². The van der Waals surface area contributed by atoms with Gasteiger partial charge in [0.15, 0.2) is 5.78 Å². The van der Waals surface area contributed by atoms with Gasteiger partial charge in [-0.25, -0.2) is 9.59 Å². The van der Waals surface area contributed by atoms with E-state index in [9.17, 15) is 29.6 Å². The number of ketones is 1. The van der Waals surface area contributed by atoms with Crippen molar-refractivity contribution in [1.82, 2.24) is 15.5 Å². The predicted molar refractivity (Wildman–Crippen MR) is 124 cm³/mol. The zero-order valence-electron chi connectivity index (χ0n) is 18.9. The lowest BCUT2D eigenvalue weighted by atomic mass is 9.93. The summed E-state index contributed by atoms with van der Waals surface area (Å²) < 4.78 is 0. The number of carboxylic acid groups (broad SMARTS) is 1. The average molecular weight is 477 g/mol. The van der Waals surface area contributed by atoms with Crippen LogP contribution < -0.4 is 10.6 Å². The van der Waals surface area contributed by atoms with Crippen molar-refractivity contribution >= 4 is 23.5 Å². The quantitative estimate of drug-likeness (QED) is 0.203. The van der Waals surface area contributed by atoms with Gasteiger partial charge in [0, 0.05) is 29.9 Å². The number of nitriles is 1. The Bertz CT molecular complexity index is 1230. The van der Waals surface area contributed by atoms with E-state index in [1.165, 1.54) is 30.0 Å². The first kappa shape index (κ1) is 25.1. The van der Waals surface area contributed by atoms with Crippen LogP contribution in [0, 0.1) is 21.4 Å². The van der Waals surface area contributed by atoms with Crippen molar-refractivity contribution in [3.8, 4) is 6.07 Å². The number of nitro groups is 1. The van der Waals surface area contributed by atoms with Crippen LogP contribution in [-0.2, 0) is 4.79 Å². The second kappa shape index (κ2) is 11.0. The molecule has 180 valence electrons. The lowest BCUT2D eigenvalue weighted by Crippen LogP contribution is -2.49. The van der Waals surface area contributed by atoms with Gasteiger partial charge in [-0.15, -0.1) is 0 Å². The molecule has 2 aromatic carbocycles. The SMILES string of the molecule is CC1=C(C(=O)O)C(c2cccc([N+](=O)[O-])c2)N(CCCNCC(=O)c2ccc(C#N)cc2)C(=O)N1. The maximum atomic E-state index is 12.7. The van der Waals surface area contributed by atoms with Crippen molar-refractivity contribution in [2.24, 2.45) is 0 Å². The molecule has 2 amide bonds. The van der Waals surface area contributed by atoms with Crippen LogP contribution in [0.3, 0.4) is 0 Å². The molecule has 0 saturated heterocycles. The van der Waals surface area contributed by atoms with Crippen LogP contribution in [-0.4, -0.2) is 52.3 Å². The summed E-state index contributed by atoms with van der Waals surface area (Å²) in [6.07, 6.45) is 0.394. The van der Waals surface area contributed by atoms with Gasteiger partial charge < -0.3 is 20.6 Å². The van der Waals surface area contributed by atoms with Crippen molar-refractivity contribution in [3.05, 3.63) is 86.6 Å². The van der Waals surface area contributed by atoms with E-state index in [-0.39, 0.29) is 35.8 Å². The third kappa shape index (κ3) is 5.87. The van der Waals surface area contributed by atoms with Crippen LogP contribution in [0.2, 0.25) is 0 Å². The van der Waals surface area contributed by atoms with Gasteiger partial charge >= 0.3 is 12.0 Å². The molecular formula is C24H23N5O6. The molecule has 1 aliphatic heterocycles. The zero-order valence-corrected chi connectivity index (χ0v) is 18.9. The molecule has 1 unspecified atom stereocenters. The minimum Gasteiger partial charge on any atom is -0.478 e. The molecular weight excluding hydrogens is 454 g/mol. The Kier molecular flexibility index (Phi) is 7.91. The van der Waals surface area contributed by atoms with Crippen LogP contribution in [0.1, 0.15) is 40.9 Å². The Labute approximate surface area is 200 Å². The number of nitrogens with zero attached hydrogens (tertiary/aromatic N) is 3. The Morgan fingerprint density at radius 2 is 1.97 bits per heavy atom. The number of hydrogen-bond donors (Lipinski definition) is 3. The van der Waals surface area contributed by atoms with Crippen molar-refractivity contribution < 1.29 is 24.4 Å². The number of urea groups is 1. The van der Waals surface area contributed by atoms with E-state index in [0.29, 0.717) is 29.7 Å². The normalized spacial score (nSPS) is 15.4. The largest absolute Gasteiger partial charge is 0.478 e. The Balaban J connectivity index is 1.69. The van der Waals surface area contributed by atoms with Crippen molar-refractivity contribution in [1.29, 1.82) is 5.26 Å². The monoisotopic (exact) mass is 477 g/mol. The number of benzene rings is 2. The third-order valence-corrected chi connectivity index (χ3v) is 5.55. The molecule has 11 heteroatoms. The standard InChI is InChI=1S/C24H23N5O6/c1-15-21(23(31)32)22(18-4-2-5-19(12-18)29(34)35)28(24(33)27-15)11-3-10-26-14-20(30)17-8-6-16(13-25)7-9-17/h2,4-9,12,22,26H,3,10-11,14H2,1H3,(H,27,33)(H,31,32). The molecule has 0 fully saturated rings. The minimum atomic E-state index is -1.24. The summed E-state index contributed by atoms with van der Waals surface area (Å²) in [4.78, 5) is 49.0. The molecule has 0 saturated carbocycles. The first-order valence-corrected chi connectivity index (χ1v) is 10.7. The Morgan fingerprint density at radius 1 is 1.26 bits per heavy atom. The van der Waals surface area contributed by atoms with E-state index in [2.05, 4.69) is 10.6 Å². The van der Waals surface area contributed by atoms with E-state index in [0.717, 1.165) is 0 Å². The molecule has 0 aromatic heterocycles. The number of nitro benzene ring substituents is 1. The number of allylic oxidation sites excluding steroid dienone is 1. The summed E-state index contributed by atoms with van der Waals surface area (Å²) in [7, 11) is 0. The lowest BCUT2D eigenvalue weighted by Gasteiger charge is -2.37. The number of hydrogen-bond acceptors (Lipinski definition) is 7. The van der Waals surface area contributed by atoms with E-state index in [1.54, 1.807) is 30.3 Å². The number of carbonyl (C=O) groups excluding carboxylic acids is 2. The van der Waals surface area contributed by atoms with E-state index in [4.69, 9.17) is 5.26 Å². The van der Waals surface area contributed by atoms with E-state index in [1.807, 2.05) is 6.07 Å². The summed E-state index contributed by atoms with van der Waals surface area (Å²) in [5.74, 6) is -1.40. The number of carbonyl (C=O) groups is 3. The van der Waals surface area contributed by atoms with Gasteiger partial charge in [-0.1, -0.05) is 24.3 Å². The number of amides is 2. The highest BCUT2D eigenvalue weighted by Crippen LogP contribution is 2.35. The third-order valence-electron chi connectivity index (χ3n) is 5.55. The fraction of sp³-hybridized carbons (Fsp3) is 0.250. The number of aliphatic carboxylic acids is 1. The molecule has 0 aliphatic carbocycles. The molecule has 3 N–H and O–H groups in total. The number of nitrogens with one attached hydrogen (secondary N) is 2. The maximum Gasteiger partial charge on any atom is 0.335 e.